The van der Waals surface area contributed by atoms with Crippen molar-refractivity contribution in [1.29, 1.82) is 0 Å². The van der Waals surface area contributed by atoms with Gasteiger partial charge in [0.05, 0.1) is 17.4 Å². The van der Waals surface area contributed by atoms with Gasteiger partial charge < -0.3 is 9.72 Å². The number of para-hydroxylation sites is 1. The molecule has 0 saturated heterocycles. The van der Waals surface area contributed by atoms with E-state index in [9.17, 15) is 0 Å². The number of benzene rings is 3. The molecular formula is C22H17NOS2. The van der Waals surface area contributed by atoms with Crippen molar-refractivity contribution in [2.45, 2.75) is 14.4 Å². The van der Waals surface area contributed by atoms with Gasteiger partial charge in [0.2, 0.25) is 0 Å². The average molecular weight is 376 g/mol. The SMILES string of the molecule is COc1ccc(-c2[nH]c3ccccc3c2C2Sc3ccccc3S2)cc1. The second-order valence-electron chi connectivity index (χ2n) is 6.20. The first-order valence-corrected chi connectivity index (χ1v) is 10.3. The average Bonchev–Trinajstić information content (AvgIpc) is 3.29. The van der Waals surface area contributed by atoms with Crippen LogP contribution in [0.3, 0.4) is 0 Å². The monoisotopic (exact) mass is 375 g/mol. The molecule has 0 saturated carbocycles. The zero-order chi connectivity index (χ0) is 17.5. The van der Waals surface area contributed by atoms with Crippen molar-refractivity contribution in [2.75, 3.05) is 7.11 Å². The molecule has 0 aliphatic carbocycles. The van der Waals surface area contributed by atoms with Crippen molar-refractivity contribution in [3.8, 4) is 17.0 Å². The smallest absolute Gasteiger partial charge is 0.118 e. The van der Waals surface area contributed by atoms with Gasteiger partial charge >= 0.3 is 0 Å². The lowest BCUT2D eigenvalue weighted by molar-refractivity contribution is 0.415. The number of methoxy groups -OCH3 is 1. The lowest BCUT2D eigenvalue weighted by Crippen LogP contribution is -1.89. The summed E-state index contributed by atoms with van der Waals surface area (Å²) in [6.07, 6.45) is 0. The van der Waals surface area contributed by atoms with E-state index in [2.05, 4.69) is 65.6 Å². The van der Waals surface area contributed by atoms with E-state index < -0.39 is 0 Å². The summed E-state index contributed by atoms with van der Waals surface area (Å²) in [5.74, 6) is 0.878. The van der Waals surface area contributed by atoms with Crippen LogP contribution in [-0.2, 0) is 0 Å². The maximum Gasteiger partial charge on any atom is 0.118 e. The van der Waals surface area contributed by atoms with Crippen LogP contribution in [0.5, 0.6) is 5.75 Å². The molecule has 0 radical (unpaired) electrons. The van der Waals surface area contributed by atoms with Crippen molar-refractivity contribution >= 4 is 34.4 Å². The van der Waals surface area contributed by atoms with Gasteiger partial charge in [-0.25, -0.2) is 0 Å². The van der Waals surface area contributed by atoms with Crippen LogP contribution < -0.4 is 4.74 Å². The predicted molar refractivity (Wildman–Crippen MR) is 111 cm³/mol. The van der Waals surface area contributed by atoms with Crippen molar-refractivity contribution in [2.24, 2.45) is 0 Å². The number of ether oxygens (including phenoxy) is 1. The van der Waals surface area contributed by atoms with Gasteiger partial charge in [0.15, 0.2) is 0 Å². The largest absolute Gasteiger partial charge is 0.497 e. The molecule has 5 rings (SSSR count). The van der Waals surface area contributed by atoms with E-state index in [1.807, 2.05) is 35.7 Å². The molecule has 0 amide bonds. The molecule has 2 nitrogen and oxygen atoms in total. The molecule has 3 aromatic carbocycles. The van der Waals surface area contributed by atoms with Gasteiger partial charge in [-0.05, 0) is 48.0 Å². The van der Waals surface area contributed by atoms with Crippen LogP contribution in [0.1, 0.15) is 10.1 Å². The Morgan fingerprint density at radius 3 is 2.15 bits per heavy atom. The Morgan fingerprint density at radius 2 is 1.46 bits per heavy atom. The summed E-state index contributed by atoms with van der Waals surface area (Å²) in [4.78, 5) is 6.39. The molecule has 0 bridgehead atoms. The first kappa shape index (κ1) is 15.9. The highest BCUT2D eigenvalue weighted by Gasteiger charge is 2.29. The Labute approximate surface area is 161 Å². The number of hydrogen-bond acceptors (Lipinski definition) is 3. The van der Waals surface area contributed by atoms with Crippen molar-refractivity contribution in [3.05, 3.63) is 78.4 Å². The topological polar surface area (TPSA) is 25.0 Å². The Bertz CT molecular complexity index is 1060. The number of thioether (sulfide) groups is 2. The van der Waals surface area contributed by atoms with Gasteiger partial charge in [-0.15, -0.1) is 23.5 Å². The Hall–Kier alpha value is -2.30. The number of fused-ring (bicyclic) bond motifs is 2. The molecule has 0 spiro atoms. The van der Waals surface area contributed by atoms with E-state index in [1.54, 1.807) is 7.11 Å². The molecule has 0 unspecified atom stereocenters. The van der Waals surface area contributed by atoms with E-state index in [0.717, 1.165) is 5.75 Å². The van der Waals surface area contributed by atoms with Gasteiger partial charge in [-0.3, -0.25) is 0 Å². The maximum atomic E-state index is 5.32. The fraction of sp³-hybridized carbons (Fsp3) is 0.0909. The fourth-order valence-corrected chi connectivity index (χ4v) is 6.38. The summed E-state index contributed by atoms with van der Waals surface area (Å²) < 4.78 is 5.67. The van der Waals surface area contributed by atoms with E-state index in [1.165, 1.54) is 37.5 Å². The van der Waals surface area contributed by atoms with Crippen molar-refractivity contribution in [3.63, 3.8) is 0 Å². The first-order chi connectivity index (χ1) is 12.8. The number of nitrogens with one attached hydrogen (secondary N) is 1. The molecule has 1 N–H and O–H groups in total. The molecule has 0 atom stereocenters. The predicted octanol–water partition coefficient (Wildman–Crippen LogP) is 6.74. The summed E-state index contributed by atoms with van der Waals surface area (Å²) in [5.41, 5.74) is 4.95. The zero-order valence-corrected chi connectivity index (χ0v) is 15.9. The third-order valence-electron chi connectivity index (χ3n) is 4.68. The number of aromatic nitrogens is 1. The van der Waals surface area contributed by atoms with E-state index in [-0.39, 0.29) is 0 Å². The normalized spacial score (nSPS) is 13.9. The van der Waals surface area contributed by atoms with Crippen LogP contribution in [-0.4, -0.2) is 12.1 Å². The summed E-state index contributed by atoms with van der Waals surface area (Å²) >= 11 is 3.89. The highest BCUT2D eigenvalue weighted by Crippen LogP contribution is 2.59. The quantitative estimate of drug-likeness (QED) is 0.429. The van der Waals surface area contributed by atoms with Gasteiger partial charge in [-0.1, -0.05) is 30.3 Å². The van der Waals surface area contributed by atoms with E-state index in [0.29, 0.717) is 4.58 Å². The number of H-pyrrole nitrogens is 1. The van der Waals surface area contributed by atoms with E-state index in [4.69, 9.17) is 4.74 Å². The second kappa shape index (κ2) is 6.45. The van der Waals surface area contributed by atoms with Gasteiger partial charge in [0, 0.05) is 26.3 Å². The standard InChI is InChI=1S/C22H17NOS2/c1-24-15-12-10-14(11-13-15)21-20(16-6-2-3-7-17(16)23-21)22-25-18-8-4-5-9-19(18)26-22/h2-13,22-23H,1H3. The summed E-state index contributed by atoms with van der Waals surface area (Å²) in [6, 6.07) is 25.6. The third-order valence-corrected chi connectivity index (χ3v) is 7.50. The number of rotatable bonds is 3. The summed E-state index contributed by atoms with van der Waals surface area (Å²) in [5, 5.41) is 1.30. The maximum absolute atomic E-state index is 5.32. The molecule has 2 heterocycles. The molecule has 4 aromatic rings. The molecule has 4 heteroatoms. The van der Waals surface area contributed by atoms with Crippen LogP contribution >= 0.6 is 23.5 Å². The van der Waals surface area contributed by atoms with Crippen LogP contribution in [0.15, 0.2) is 82.6 Å². The Morgan fingerprint density at radius 1 is 0.808 bits per heavy atom. The minimum Gasteiger partial charge on any atom is -0.497 e. The van der Waals surface area contributed by atoms with Gasteiger partial charge in [-0.2, -0.15) is 0 Å². The third kappa shape index (κ3) is 2.61. The second-order valence-corrected chi connectivity index (χ2v) is 8.79. The van der Waals surface area contributed by atoms with Crippen LogP contribution in [0.4, 0.5) is 0 Å². The van der Waals surface area contributed by atoms with Crippen molar-refractivity contribution < 1.29 is 4.74 Å². The van der Waals surface area contributed by atoms with E-state index >= 15 is 0 Å². The highest BCUT2D eigenvalue weighted by molar-refractivity contribution is 8.19. The molecule has 0 fully saturated rings. The lowest BCUT2D eigenvalue weighted by Gasteiger charge is -2.11. The molecular weight excluding hydrogens is 358 g/mol. The summed E-state index contributed by atoms with van der Waals surface area (Å²) in [7, 11) is 1.70. The minimum atomic E-state index is 0.348. The van der Waals surface area contributed by atoms with Crippen LogP contribution in [0, 0.1) is 0 Å². The first-order valence-electron chi connectivity index (χ1n) is 8.51. The molecule has 26 heavy (non-hydrogen) atoms. The van der Waals surface area contributed by atoms with Gasteiger partial charge in [0.1, 0.15) is 5.75 Å². The number of hydrogen-bond donors (Lipinski definition) is 1. The van der Waals surface area contributed by atoms with Crippen molar-refractivity contribution in [1.82, 2.24) is 4.98 Å². The molecule has 1 aromatic heterocycles. The molecule has 1 aliphatic rings. The van der Waals surface area contributed by atoms with Gasteiger partial charge in [0.25, 0.3) is 0 Å². The highest BCUT2D eigenvalue weighted by atomic mass is 32.2. The van der Waals surface area contributed by atoms with Crippen LogP contribution in [0.2, 0.25) is 0 Å². The van der Waals surface area contributed by atoms with Crippen LogP contribution in [0.25, 0.3) is 22.2 Å². The Kier molecular flexibility index (Phi) is 3.95. The zero-order valence-electron chi connectivity index (χ0n) is 14.2. The molecule has 1 aliphatic heterocycles. The number of aromatic amines is 1. The Balaban J connectivity index is 1.66. The fourth-order valence-electron chi connectivity index (χ4n) is 3.41. The molecule has 128 valence electrons. The minimum absolute atomic E-state index is 0.348. The summed E-state index contributed by atoms with van der Waals surface area (Å²) in [6.45, 7) is 0. The lowest BCUT2D eigenvalue weighted by atomic mass is 10.1.